The lowest BCUT2D eigenvalue weighted by Gasteiger charge is -2.26. The number of amides is 1. The predicted molar refractivity (Wildman–Crippen MR) is 65.4 cm³/mol. The molecule has 1 amide bonds. The van der Waals surface area contributed by atoms with Crippen molar-refractivity contribution in [2.45, 2.75) is 44.1 Å². The molecule has 1 aliphatic carbocycles. The van der Waals surface area contributed by atoms with Gasteiger partial charge < -0.3 is 10.4 Å². The standard InChI is InChI=1S/C11H21NO4S/c1-17(15,16)8-10(13)12-9-11(14)6-4-2-3-5-7-11/h14H,2-9H2,1H3,(H,12,13). The van der Waals surface area contributed by atoms with Crippen molar-refractivity contribution in [1.82, 2.24) is 5.32 Å². The summed E-state index contributed by atoms with van der Waals surface area (Å²) in [6, 6.07) is 0. The first-order valence-corrected chi connectivity index (χ1v) is 8.04. The zero-order valence-electron chi connectivity index (χ0n) is 10.2. The SMILES string of the molecule is CS(=O)(=O)CC(=O)NCC1(O)CCCCCC1. The van der Waals surface area contributed by atoms with Gasteiger partial charge in [0.15, 0.2) is 9.84 Å². The van der Waals surface area contributed by atoms with Gasteiger partial charge in [0.2, 0.25) is 5.91 Å². The first kappa shape index (κ1) is 14.4. The van der Waals surface area contributed by atoms with Gasteiger partial charge in [-0.15, -0.1) is 0 Å². The summed E-state index contributed by atoms with van der Waals surface area (Å²) in [6.45, 7) is 0.154. The zero-order valence-corrected chi connectivity index (χ0v) is 11.1. The minimum Gasteiger partial charge on any atom is -0.388 e. The molecule has 2 N–H and O–H groups in total. The van der Waals surface area contributed by atoms with E-state index >= 15 is 0 Å². The molecule has 100 valence electrons. The van der Waals surface area contributed by atoms with E-state index < -0.39 is 27.1 Å². The van der Waals surface area contributed by atoms with Gasteiger partial charge in [-0.25, -0.2) is 8.42 Å². The predicted octanol–water partition coefficient (Wildman–Crippen LogP) is 0.232. The maximum atomic E-state index is 11.3. The van der Waals surface area contributed by atoms with Gasteiger partial charge in [-0.1, -0.05) is 25.7 Å². The summed E-state index contributed by atoms with van der Waals surface area (Å²) in [5.41, 5.74) is -0.857. The summed E-state index contributed by atoms with van der Waals surface area (Å²) >= 11 is 0. The minimum atomic E-state index is -3.30. The molecule has 0 unspecified atom stereocenters. The normalized spacial score (nSPS) is 20.6. The molecule has 0 atom stereocenters. The fourth-order valence-corrected chi connectivity index (χ4v) is 2.69. The van der Waals surface area contributed by atoms with Crippen LogP contribution in [0.2, 0.25) is 0 Å². The lowest BCUT2D eigenvalue weighted by Crippen LogP contribution is -2.44. The Balaban J connectivity index is 2.40. The number of nitrogens with one attached hydrogen (secondary N) is 1. The van der Waals surface area contributed by atoms with Gasteiger partial charge in [0.1, 0.15) is 5.75 Å². The Kier molecular flexibility index (Phi) is 4.94. The highest BCUT2D eigenvalue weighted by molar-refractivity contribution is 7.91. The third kappa shape index (κ3) is 6.02. The molecule has 1 fully saturated rings. The van der Waals surface area contributed by atoms with Crippen molar-refractivity contribution in [2.24, 2.45) is 0 Å². The number of carbonyl (C=O) groups is 1. The fourth-order valence-electron chi connectivity index (χ4n) is 2.12. The summed E-state index contributed by atoms with van der Waals surface area (Å²) in [5.74, 6) is -1.05. The van der Waals surface area contributed by atoms with Gasteiger partial charge in [-0.3, -0.25) is 4.79 Å². The van der Waals surface area contributed by atoms with Gasteiger partial charge in [0.25, 0.3) is 0 Å². The van der Waals surface area contributed by atoms with Crippen molar-refractivity contribution in [3.05, 3.63) is 0 Å². The Bertz CT molecular complexity index is 356. The van der Waals surface area contributed by atoms with Crippen molar-refractivity contribution < 1.29 is 18.3 Å². The van der Waals surface area contributed by atoms with Crippen molar-refractivity contribution in [3.8, 4) is 0 Å². The molecule has 6 heteroatoms. The molecule has 5 nitrogen and oxygen atoms in total. The third-order valence-corrected chi connectivity index (χ3v) is 3.83. The average molecular weight is 263 g/mol. The maximum Gasteiger partial charge on any atom is 0.235 e. The molecule has 1 rings (SSSR count). The molecule has 1 aliphatic rings. The monoisotopic (exact) mass is 263 g/mol. The lowest BCUT2D eigenvalue weighted by molar-refractivity contribution is -0.120. The van der Waals surface area contributed by atoms with E-state index in [1.807, 2.05) is 0 Å². The summed E-state index contributed by atoms with van der Waals surface area (Å²) in [7, 11) is -3.30. The van der Waals surface area contributed by atoms with Crippen LogP contribution in [0.25, 0.3) is 0 Å². The van der Waals surface area contributed by atoms with Crippen LogP contribution < -0.4 is 5.32 Å². The molecule has 0 radical (unpaired) electrons. The van der Waals surface area contributed by atoms with E-state index in [1.165, 1.54) is 0 Å². The van der Waals surface area contributed by atoms with Crippen LogP contribution in [0, 0.1) is 0 Å². The molecular formula is C11H21NO4S. The molecule has 0 aromatic heterocycles. The lowest BCUT2D eigenvalue weighted by atomic mass is 9.94. The summed E-state index contributed by atoms with van der Waals surface area (Å²) in [5, 5.41) is 12.7. The molecule has 17 heavy (non-hydrogen) atoms. The van der Waals surface area contributed by atoms with Gasteiger partial charge in [0.05, 0.1) is 5.60 Å². The van der Waals surface area contributed by atoms with E-state index in [4.69, 9.17) is 0 Å². The molecule has 0 heterocycles. The number of aliphatic hydroxyl groups is 1. The highest BCUT2D eigenvalue weighted by Gasteiger charge is 2.28. The van der Waals surface area contributed by atoms with E-state index in [1.54, 1.807) is 0 Å². The van der Waals surface area contributed by atoms with E-state index in [9.17, 15) is 18.3 Å². The number of hydrogen-bond acceptors (Lipinski definition) is 4. The van der Waals surface area contributed by atoms with E-state index in [-0.39, 0.29) is 6.54 Å². The molecule has 0 aliphatic heterocycles. The van der Waals surface area contributed by atoms with Gasteiger partial charge >= 0.3 is 0 Å². The van der Waals surface area contributed by atoms with Gasteiger partial charge in [-0.2, -0.15) is 0 Å². The average Bonchev–Trinajstić information content (AvgIpc) is 2.38. The number of rotatable bonds is 4. The summed E-state index contributed by atoms with van der Waals surface area (Å²) in [6.07, 6.45) is 6.50. The minimum absolute atomic E-state index is 0.154. The van der Waals surface area contributed by atoms with Crippen LogP contribution in [0.3, 0.4) is 0 Å². The van der Waals surface area contributed by atoms with Crippen LogP contribution in [0.1, 0.15) is 38.5 Å². The number of sulfone groups is 1. The van der Waals surface area contributed by atoms with Gasteiger partial charge in [0, 0.05) is 12.8 Å². The Morgan fingerprint density at radius 3 is 2.24 bits per heavy atom. The van der Waals surface area contributed by atoms with Crippen LogP contribution in [0.15, 0.2) is 0 Å². The third-order valence-electron chi connectivity index (χ3n) is 3.04. The molecule has 0 aromatic carbocycles. The van der Waals surface area contributed by atoms with E-state index in [2.05, 4.69) is 5.32 Å². The second-order valence-corrected chi connectivity index (χ2v) is 7.13. The quantitative estimate of drug-likeness (QED) is 0.711. The van der Waals surface area contributed by atoms with Crippen molar-refractivity contribution in [1.29, 1.82) is 0 Å². The Morgan fingerprint density at radius 2 is 1.76 bits per heavy atom. The Labute approximate surface area is 103 Å². The zero-order chi connectivity index (χ0) is 12.9. The second kappa shape index (κ2) is 5.82. The highest BCUT2D eigenvalue weighted by Crippen LogP contribution is 2.26. The van der Waals surface area contributed by atoms with Crippen molar-refractivity contribution in [2.75, 3.05) is 18.6 Å². The van der Waals surface area contributed by atoms with Crippen molar-refractivity contribution in [3.63, 3.8) is 0 Å². The number of hydrogen-bond donors (Lipinski definition) is 2. The molecular weight excluding hydrogens is 242 g/mol. The van der Waals surface area contributed by atoms with E-state index in [0.717, 1.165) is 31.9 Å². The van der Waals surface area contributed by atoms with Crippen LogP contribution in [-0.2, 0) is 14.6 Å². The molecule has 0 spiro atoms. The fraction of sp³-hybridized carbons (Fsp3) is 0.909. The summed E-state index contributed by atoms with van der Waals surface area (Å²) < 4.78 is 21.8. The molecule has 0 aromatic rings. The first-order chi connectivity index (χ1) is 7.81. The van der Waals surface area contributed by atoms with Crippen molar-refractivity contribution >= 4 is 15.7 Å². The highest BCUT2D eigenvalue weighted by atomic mass is 32.2. The molecule has 1 saturated carbocycles. The topological polar surface area (TPSA) is 83.5 Å². The Morgan fingerprint density at radius 1 is 1.24 bits per heavy atom. The summed E-state index contributed by atoms with van der Waals surface area (Å²) in [4.78, 5) is 11.3. The first-order valence-electron chi connectivity index (χ1n) is 5.98. The smallest absolute Gasteiger partial charge is 0.235 e. The van der Waals surface area contributed by atoms with Crippen LogP contribution >= 0.6 is 0 Å². The Hall–Kier alpha value is -0.620. The molecule has 0 saturated heterocycles. The van der Waals surface area contributed by atoms with Crippen LogP contribution in [0.5, 0.6) is 0 Å². The van der Waals surface area contributed by atoms with E-state index in [0.29, 0.717) is 12.8 Å². The molecule has 0 bridgehead atoms. The maximum absolute atomic E-state index is 11.3. The largest absolute Gasteiger partial charge is 0.388 e. The van der Waals surface area contributed by atoms with Crippen LogP contribution in [-0.4, -0.2) is 43.6 Å². The van der Waals surface area contributed by atoms with Crippen LogP contribution in [0.4, 0.5) is 0 Å². The second-order valence-electron chi connectivity index (χ2n) is 4.99. The number of carbonyl (C=O) groups excluding carboxylic acids is 1. The van der Waals surface area contributed by atoms with Gasteiger partial charge in [-0.05, 0) is 12.8 Å².